The van der Waals surface area contributed by atoms with Crippen LogP contribution in [-0.2, 0) is 0 Å². The van der Waals surface area contributed by atoms with Gasteiger partial charge in [0.05, 0.1) is 0 Å². The Balaban J connectivity index is 2.54. The fourth-order valence-electron chi connectivity index (χ4n) is 1.50. The van der Waals surface area contributed by atoms with Crippen LogP contribution >= 0.6 is 11.3 Å². The molecule has 1 N–H and O–H groups in total. The van der Waals surface area contributed by atoms with E-state index < -0.39 is 0 Å². The average molecular weight is 237 g/mol. The summed E-state index contributed by atoms with van der Waals surface area (Å²) < 4.78 is 0. The zero-order valence-electron chi connectivity index (χ0n) is 10.8. The molecule has 0 saturated carbocycles. The van der Waals surface area contributed by atoms with Gasteiger partial charge in [-0.1, -0.05) is 39.3 Å². The van der Waals surface area contributed by atoms with E-state index in [0.29, 0.717) is 5.92 Å². The maximum Gasteiger partial charge on any atom is 0.0170 e. The number of thiophene rings is 1. The van der Waals surface area contributed by atoms with Gasteiger partial charge >= 0.3 is 0 Å². The van der Waals surface area contributed by atoms with Crippen LogP contribution in [0.1, 0.15) is 33.3 Å². The third kappa shape index (κ3) is 4.95. The Bertz CT molecular complexity index is 309. The SMILES string of the molecule is CC(C)CNCC(=Cc1ccsc1)C(C)C. The van der Waals surface area contributed by atoms with Gasteiger partial charge in [0.15, 0.2) is 0 Å². The molecule has 0 spiro atoms. The van der Waals surface area contributed by atoms with Crippen LogP contribution in [0.2, 0.25) is 0 Å². The van der Waals surface area contributed by atoms with E-state index in [4.69, 9.17) is 0 Å². The average Bonchev–Trinajstić information content (AvgIpc) is 2.68. The van der Waals surface area contributed by atoms with Gasteiger partial charge in [-0.25, -0.2) is 0 Å². The first kappa shape index (κ1) is 13.5. The lowest BCUT2D eigenvalue weighted by Crippen LogP contribution is -2.23. The molecule has 1 nitrogen and oxygen atoms in total. The number of hydrogen-bond donors (Lipinski definition) is 1. The van der Waals surface area contributed by atoms with Crippen LogP contribution in [-0.4, -0.2) is 13.1 Å². The molecule has 0 atom stereocenters. The van der Waals surface area contributed by atoms with Crippen molar-refractivity contribution in [2.24, 2.45) is 11.8 Å². The molecule has 0 amide bonds. The molecular weight excluding hydrogens is 214 g/mol. The third-order valence-electron chi connectivity index (χ3n) is 2.52. The van der Waals surface area contributed by atoms with Crippen LogP contribution in [0.4, 0.5) is 0 Å². The molecule has 1 heterocycles. The number of rotatable bonds is 6. The van der Waals surface area contributed by atoms with Gasteiger partial charge < -0.3 is 5.32 Å². The van der Waals surface area contributed by atoms with Crippen LogP contribution < -0.4 is 5.32 Å². The number of nitrogens with one attached hydrogen (secondary N) is 1. The largest absolute Gasteiger partial charge is 0.313 e. The van der Waals surface area contributed by atoms with Crippen LogP contribution in [0.25, 0.3) is 6.08 Å². The fraction of sp³-hybridized carbons (Fsp3) is 0.571. The molecule has 1 aromatic rings. The highest BCUT2D eigenvalue weighted by molar-refractivity contribution is 7.08. The summed E-state index contributed by atoms with van der Waals surface area (Å²) in [5, 5.41) is 7.84. The molecule has 1 aromatic heterocycles. The van der Waals surface area contributed by atoms with E-state index in [1.807, 2.05) is 0 Å². The Morgan fingerprint density at radius 2 is 2.12 bits per heavy atom. The minimum atomic E-state index is 0.611. The van der Waals surface area contributed by atoms with Gasteiger partial charge in [0.2, 0.25) is 0 Å². The Hall–Kier alpha value is -0.600. The smallest absolute Gasteiger partial charge is 0.0170 e. The summed E-state index contributed by atoms with van der Waals surface area (Å²) in [5.41, 5.74) is 2.82. The summed E-state index contributed by atoms with van der Waals surface area (Å²) in [4.78, 5) is 0. The van der Waals surface area contributed by atoms with Crippen LogP contribution in [0.3, 0.4) is 0 Å². The highest BCUT2D eigenvalue weighted by Crippen LogP contribution is 2.16. The molecule has 0 aliphatic carbocycles. The zero-order chi connectivity index (χ0) is 12.0. The fourth-order valence-corrected chi connectivity index (χ4v) is 2.12. The molecule has 0 aliphatic rings. The highest BCUT2D eigenvalue weighted by Gasteiger charge is 2.04. The van der Waals surface area contributed by atoms with E-state index in [2.05, 4.69) is 55.9 Å². The Labute approximate surface area is 104 Å². The topological polar surface area (TPSA) is 12.0 Å². The second kappa shape index (κ2) is 6.87. The molecule has 16 heavy (non-hydrogen) atoms. The summed E-state index contributed by atoms with van der Waals surface area (Å²) >= 11 is 1.76. The Morgan fingerprint density at radius 1 is 1.38 bits per heavy atom. The third-order valence-corrected chi connectivity index (χ3v) is 3.22. The molecule has 0 fully saturated rings. The quantitative estimate of drug-likeness (QED) is 0.787. The predicted octanol–water partition coefficient (Wildman–Crippen LogP) is 4.03. The normalized spacial score (nSPS) is 12.8. The lowest BCUT2D eigenvalue weighted by molar-refractivity contribution is 0.558. The van der Waals surface area contributed by atoms with E-state index in [1.165, 1.54) is 11.1 Å². The molecule has 0 bridgehead atoms. The molecule has 0 aromatic carbocycles. The van der Waals surface area contributed by atoms with Crippen molar-refractivity contribution in [2.75, 3.05) is 13.1 Å². The molecule has 90 valence electrons. The van der Waals surface area contributed by atoms with Gasteiger partial charge in [0.25, 0.3) is 0 Å². The van der Waals surface area contributed by atoms with Crippen molar-refractivity contribution in [1.29, 1.82) is 0 Å². The molecule has 1 rings (SSSR count). The summed E-state index contributed by atoms with van der Waals surface area (Å²) in [5.74, 6) is 1.33. The first-order chi connectivity index (χ1) is 7.59. The Morgan fingerprint density at radius 3 is 2.62 bits per heavy atom. The van der Waals surface area contributed by atoms with Crippen LogP contribution in [0.15, 0.2) is 22.4 Å². The monoisotopic (exact) mass is 237 g/mol. The van der Waals surface area contributed by atoms with E-state index in [9.17, 15) is 0 Å². The second-order valence-electron chi connectivity index (χ2n) is 4.96. The summed E-state index contributed by atoms with van der Waals surface area (Å²) in [6.45, 7) is 11.1. The van der Waals surface area contributed by atoms with Gasteiger partial charge in [-0.3, -0.25) is 0 Å². The van der Waals surface area contributed by atoms with Crippen molar-refractivity contribution in [2.45, 2.75) is 27.7 Å². The van der Waals surface area contributed by atoms with Crippen LogP contribution in [0, 0.1) is 11.8 Å². The minimum absolute atomic E-state index is 0.611. The first-order valence-corrected chi connectivity index (χ1v) is 6.97. The zero-order valence-corrected chi connectivity index (χ0v) is 11.6. The van der Waals surface area contributed by atoms with Crippen LogP contribution in [0.5, 0.6) is 0 Å². The summed E-state index contributed by atoms with van der Waals surface area (Å²) in [6.07, 6.45) is 2.31. The van der Waals surface area contributed by atoms with Gasteiger partial charge in [-0.15, -0.1) is 0 Å². The van der Waals surface area contributed by atoms with Crippen molar-refractivity contribution in [3.05, 3.63) is 28.0 Å². The van der Waals surface area contributed by atoms with E-state index in [1.54, 1.807) is 11.3 Å². The van der Waals surface area contributed by atoms with E-state index in [-0.39, 0.29) is 0 Å². The maximum atomic E-state index is 3.51. The molecule has 0 unspecified atom stereocenters. The lowest BCUT2D eigenvalue weighted by Gasteiger charge is -2.13. The predicted molar refractivity (Wildman–Crippen MR) is 74.8 cm³/mol. The lowest BCUT2D eigenvalue weighted by atomic mass is 10.0. The van der Waals surface area contributed by atoms with E-state index >= 15 is 0 Å². The van der Waals surface area contributed by atoms with Gasteiger partial charge in [0, 0.05) is 6.54 Å². The summed E-state index contributed by atoms with van der Waals surface area (Å²) in [7, 11) is 0. The van der Waals surface area contributed by atoms with Gasteiger partial charge in [-0.05, 0) is 40.8 Å². The second-order valence-corrected chi connectivity index (χ2v) is 5.74. The standard InChI is InChI=1S/C14H23NS/c1-11(2)8-15-9-14(12(3)4)7-13-5-6-16-10-13/h5-7,10-12,15H,8-9H2,1-4H3. The van der Waals surface area contributed by atoms with Gasteiger partial charge in [-0.2, -0.15) is 11.3 Å². The van der Waals surface area contributed by atoms with Crippen molar-refractivity contribution >= 4 is 17.4 Å². The molecule has 0 aliphatic heterocycles. The highest BCUT2D eigenvalue weighted by atomic mass is 32.1. The molecule has 0 radical (unpaired) electrons. The molecular formula is C14H23NS. The van der Waals surface area contributed by atoms with Crippen molar-refractivity contribution < 1.29 is 0 Å². The van der Waals surface area contributed by atoms with Gasteiger partial charge in [0.1, 0.15) is 0 Å². The van der Waals surface area contributed by atoms with Crippen molar-refractivity contribution in [3.63, 3.8) is 0 Å². The van der Waals surface area contributed by atoms with Crippen molar-refractivity contribution in [1.82, 2.24) is 5.32 Å². The Kier molecular flexibility index (Phi) is 5.78. The minimum Gasteiger partial charge on any atom is -0.313 e. The maximum absolute atomic E-state index is 3.51. The first-order valence-electron chi connectivity index (χ1n) is 6.03. The molecule has 2 heteroatoms. The van der Waals surface area contributed by atoms with Crippen molar-refractivity contribution in [3.8, 4) is 0 Å². The molecule has 0 saturated heterocycles. The summed E-state index contributed by atoms with van der Waals surface area (Å²) in [6, 6.07) is 2.18. The van der Waals surface area contributed by atoms with E-state index in [0.717, 1.165) is 19.0 Å². The number of hydrogen-bond acceptors (Lipinski definition) is 2.